The number of hydrogen-bond acceptors (Lipinski definition) is 3. The molecule has 64 valence electrons. The standard InChI is InChI=1S/C8H10N2O2/c1-6(12)8-4-7(10-5-11)2-3-9-8/h2-6,12H,1H3,(H,9,10,11). The highest BCUT2D eigenvalue weighted by molar-refractivity contribution is 5.70. The number of carbonyl (C=O) groups excluding carboxylic acids is 1. The average molecular weight is 166 g/mol. The first kappa shape index (κ1) is 8.67. The number of nitrogens with zero attached hydrogens (tertiary/aromatic N) is 1. The van der Waals surface area contributed by atoms with Crippen molar-refractivity contribution < 1.29 is 9.90 Å². The topological polar surface area (TPSA) is 62.2 Å². The minimum Gasteiger partial charge on any atom is -0.387 e. The van der Waals surface area contributed by atoms with Crippen LogP contribution in [0.1, 0.15) is 18.7 Å². The number of pyridine rings is 1. The maximum absolute atomic E-state index is 10.1. The van der Waals surface area contributed by atoms with Gasteiger partial charge in [0.25, 0.3) is 0 Å². The van der Waals surface area contributed by atoms with Crippen LogP contribution in [0.5, 0.6) is 0 Å². The van der Waals surface area contributed by atoms with Crippen LogP contribution >= 0.6 is 0 Å². The maximum Gasteiger partial charge on any atom is 0.211 e. The van der Waals surface area contributed by atoms with Crippen LogP contribution in [0.15, 0.2) is 18.3 Å². The minimum absolute atomic E-state index is 0.543. The molecule has 1 heterocycles. The molecule has 0 spiro atoms. The lowest BCUT2D eigenvalue weighted by Gasteiger charge is -2.04. The van der Waals surface area contributed by atoms with Crippen molar-refractivity contribution in [1.82, 2.24) is 4.98 Å². The number of amides is 1. The van der Waals surface area contributed by atoms with Crippen molar-refractivity contribution in [3.05, 3.63) is 24.0 Å². The van der Waals surface area contributed by atoms with Gasteiger partial charge < -0.3 is 10.4 Å². The van der Waals surface area contributed by atoms with Gasteiger partial charge in [-0.1, -0.05) is 0 Å². The van der Waals surface area contributed by atoms with Crippen LogP contribution in [0.4, 0.5) is 5.69 Å². The van der Waals surface area contributed by atoms with Crippen LogP contribution in [0.2, 0.25) is 0 Å². The summed E-state index contributed by atoms with van der Waals surface area (Å²) < 4.78 is 0. The molecule has 4 heteroatoms. The number of aromatic nitrogens is 1. The fourth-order valence-corrected chi connectivity index (χ4v) is 0.835. The SMILES string of the molecule is CC(O)c1cc(NC=O)ccn1. The van der Waals surface area contributed by atoms with Crippen LogP contribution < -0.4 is 5.32 Å². The third-order valence-electron chi connectivity index (χ3n) is 1.43. The Morgan fingerprint density at radius 3 is 3.08 bits per heavy atom. The molecule has 1 amide bonds. The zero-order chi connectivity index (χ0) is 8.97. The number of anilines is 1. The van der Waals surface area contributed by atoms with E-state index in [0.29, 0.717) is 17.8 Å². The largest absolute Gasteiger partial charge is 0.387 e. The summed E-state index contributed by atoms with van der Waals surface area (Å²) in [7, 11) is 0. The van der Waals surface area contributed by atoms with Gasteiger partial charge >= 0.3 is 0 Å². The quantitative estimate of drug-likeness (QED) is 0.650. The predicted molar refractivity (Wildman–Crippen MR) is 44.6 cm³/mol. The number of carbonyl (C=O) groups is 1. The smallest absolute Gasteiger partial charge is 0.211 e. The van der Waals surface area contributed by atoms with Crippen molar-refractivity contribution in [3.8, 4) is 0 Å². The molecule has 0 aliphatic carbocycles. The van der Waals surface area contributed by atoms with E-state index in [0.717, 1.165) is 0 Å². The van der Waals surface area contributed by atoms with Gasteiger partial charge in [0.1, 0.15) is 0 Å². The van der Waals surface area contributed by atoms with Crippen LogP contribution in [0.3, 0.4) is 0 Å². The molecule has 0 saturated carbocycles. The summed E-state index contributed by atoms with van der Waals surface area (Å²) >= 11 is 0. The van der Waals surface area contributed by atoms with E-state index in [1.807, 2.05) is 0 Å². The Balaban J connectivity index is 2.87. The van der Waals surface area contributed by atoms with Gasteiger partial charge in [-0.05, 0) is 19.1 Å². The molecule has 0 saturated heterocycles. The van der Waals surface area contributed by atoms with Crippen molar-refractivity contribution in [2.45, 2.75) is 13.0 Å². The third kappa shape index (κ3) is 2.03. The minimum atomic E-state index is -0.613. The Morgan fingerprint density at radius 1 is 1.75 bits per heavy atom. The zero-order valence-electron chi connectivity index (χ0n) is 6.69. The highest BCUT2D eigenvalue weighted by Crippen LogP contribution is 2.13. The van der Waals surface area contributed by atoms with E-state index in [1.54, 1.807) is 19.1 Å². The van der Waals surface area contributed by atoms with Crippen molar-refractivity contribution in [2.24, 2.45) is 0 Å². The first-order valence-electron chi connectivity index (χ1n) is 3.58. The summed E-state index contributed by atoms with van der Waals surface area (Å²) in [6, 6.07) is 3.28. The average Bonchev–Trinajstić information content (AvgIpc) is 2.05. The number of rotatable bonds is 3. The molecule has 0 aliphatic heterocycles. The van der Waals surface area contributed by atoms with Gasteiger partial charge in [0.05, 0.1) is 11.8 Å². The van der Waals surface area contributed by atoms with Gasteiger partial charge in [-0.25, -0.2) is 0 Å². The zero-order valence-corrected chi connectivity index (χ0v) is 6.69. The molecule has 0 aromatic carbocycles. The molecule has 4 nitrogen and oxygen atoms in total. The first-order valence-corrected chi connectivity index (χ1v) is 3.58. The molecule has 0 aliphatic rings. The van der Waals surface area contributed by atoms with E-state index in [4.69, 9.17) is 5.11 Å². The Hall–Kier alpha value is -1.42. The Kier molecular flexibility index (Phi) is 2.76. The molecule has 12 heavy (non-hydrogen) atoms. The van der Waals surface area contributed by atoms with Crippen LogP contribution in [-0.4, -0.2) is 16.5 Å². The van der Waals surface area contributed by atoms with E-state index in [1.165, 1.54) is 6.20 Å². The van der Waals surface area contributed by atoms with Crippen molar-refractivity contribution in [3.63, 3.8) is 0 Å². The monoisotopic (exact) mass is 166 g/mol. The molecule has 1 rings (SSSR count). The van der Waals surface area contributed by atoms with Crippen molar-refractivity contribution in [1.29, 1.82) is 0 Å². The Labute approximate surface area is 70.3 Å². The lowest BCUT2D eigenvalue weighted by Crippen LogP contribution is -1.99. The van der Waals surface area contributed by atoms with Gasteiger partial charge in [-0.15, -0.1) is 0 Å². The summed E-state index contributed by atoms with van der Waals surface area (Å²) in [5.74, 6) is 0. The Bertz CT molecular complexity index is 274. The number of aliphatic hydroxyl groups is 1. The van der Waals surface area contributed by atoms with Crippen LogP contribution in [-0.2, 0) is 4.79 Å². The summed E-state index contributed by atoms with van der Waals surface area (Å²) in [5, 5.41) is 11.6. The lowest BCUT2D eigenvalue weighted by atomic mass is 10.2. The summed E-state index contributed by atoms with van der Waals surface area (Å²) in [5.41, 5.74) is 1.18. The second-order valence-electron chi connectivity index (χ2n) is 2.41. The molecule has 1 aromatic heterocycles. The van der Waals surface area contributed by atoms with Crippen molar-refractivity contribution >= 4 is 12.1 Å². The molecule has 0 radical (unpaired) electrons. The van der Waals surface area contributed by atoms with Gasteiger partial charge in [-0.3, -0.25) is 9.78 Å². The van der Waals surface area contributed by atoms with Gasteiger partial charge in [0.15, 0.2) is 0 Å². The lowest BCUT2D eigenvalue weighted by molar-refractivity contribution is -0.105. The van der Waals surface area contributed by atoms with Gasteiger partial charge in [-0.2, -0.15) is 0 Å². The summed E-state index contributed by atoms with van der Waals surface area (Å²) in [6.45, 7) is 1.62. The van der Waals surface area contributed by atoms with E-state index < -0.39 is 6.10 Å². The molecule has 1 aromatic rings. The number of aliphatic hydroxyl groups excluding tert-OH is 1. The predicted octanol–water partition coefficient (Wildman–Crippen LogP) is 0.703. The van der Waals surface area contributed by atoms with E-state index >= 15 is 0 Å². The van der Waals surface area contributed by atoms with Crippen LogP contribution in [0.25, 0.3) is 0 Å². The third-order valence-corrected chi connectivity index (χ3v) is 1.43. The summed E-state index contributed by atoms with van der Waals surface area (Å²) in [4.78, 5) is 14.0. The second-order valence-corrected chi connectivity index (χ2v) is 2.41. The fraction of sp³-hybridized carbons (Fsp3) is 0.250. The summed E-state index contributed by atoms with van der Waals surface area (Å²) in [6.07, 6.45) is 1.51. The fourth-order valence-electron chi connectivity index (χ4n) is 0.835. The number of hydrogen-bond donors (Lipinski definition) is 2. The second kappa shape index (κ2) is 3.82. The molecular weight excluding hydrogens is 156 g/mol. The van der Waals surface area contributed by atoms with E-state index in [-0.39, 0.29) is 0 Å². The Morgan fingerprint density at radius 2 is 2.50 bits per heavy atom. The molecule has 2 N–H and O–H groups in total. The molecule has 1 unspecified atom stereocenters. The first-order chi connectivity index (χ1) is 5.74. The molecule has 0 fully saturated rings. The molecule has 1 atom stereocenters. The van der Waals surface area contributed by atoms with E-state index in [9.17, 15) is 4.79 Å². The maximum atomic E-state index is 10.1. The van der Waals surface area contributed by atoms with Crippen molar-refractivity contribution in [2.75, 3.05) is 5.32 Å². The highest BCUT2D eigenvalue weighted by Gasteiger charge is 2.01. The highest BCUT2D eigenvalue weighted by atomic mass is 16.3. The van der Waals surface area contributed by atoms with E-state index in [2.05, 4.69) is 10.3 Å². The number of nitrogens with one attached hydrogen (secondary N) is 1. The normalized spacial score (nSPS) is 12.2. The van der Waals surface area contributed by atoms with Gasteiger partial charge in [0.2, 0.25) is 6.41 Å². The van der Waals surface area contributed by atoms with Gasteiger partial charge in [0, 0.05) is 11.9 Å². The molecule has 0 bridgehead atoms. The van der Waals surface area contributed by atoms with Crippen LogP contribution in [0, 0.1) is 0 Å². The molecular formula is C8H10N2O2.